The quantitative estimate of drug-likeness (QED) is 0.810. The normalized spacial score (nSPS) is 15.2. The van der Waals surface area contributed by atoms with Crippen molar-refractivity contribution < 1.29 is 9.21 Å². The first-order chi connectivity index (χ1) is 9.72. The van der Waals surface area contributed by atoms with Crippen LogP contribution in [-0.4, -0.2) is 34.6 Å². The summed E-state index contributed by atoms with van der Waals surface area (Å²) in [7, 11) is 0. The molecule has 0 unspecified atom stereocenters. The number of hydrogen-bond donors (Lipinski definition) is 0. The number of hydrogen-bond acceptors (Lipinski definition) is 4. The van der Waals surface area contributed by atoms with Gasteiger partial charge in [-0.3, -0.25) is 4.79 Å². The maximum atomic E-state index is 11.9. The lowest BCUT2D eigenvalue weighted by Gasteiger charge is -2.14. The van der Waals surface area contributed by atoms with Gasteiger partial charge in [-0.1, -0.05) is 23.4 Å². The van der Waals surface area contributed by atoms with Gasteiger partial charge in [0.1, 0.15) is 5.52 Å². The number of likely N-dealkylation sites (tertiary alicyclic amines) is 1. The Kier molecular flexibility index (Phi) is 4.17. The van der Waals surface area contributed by atoms with Crippen LogP contribution in [0.2, 0.25) is 5.02 Å². The fourth-order valence-electron chi connectivity index (χ4n) is 2.29. The molecule has 20 heavy (non-hydrogen) atoms. The zero-order valence-electron chi connectivity index (χ0n) is 11.0. The Hall–Kier alpha value is -1.20. The Morgan fingerprint density at radius 1 is 1.40 bits per heavy atom. The standard InChI is InChI=1S/C14H15ClN2O2S/c15-10-3-4-11-12(9-10)19-14(16-11)20-8-5-13(18)17-6-1-2-7-17/h3-4,9H,1-2,5-8H2. The highest BCUT2D eigenvalue weighted by atomic mass is 35.5. The van der Waals surface area contributed by atoms with Crippen molar-refractivity contribution in [3.8, 4) is 0 Å². The Balaban J connectivity index is 1.55. The molecule has 4 nitrogen and oxygen atoms in total. The van der Waals surface area contributed by atoms with Crippen molar-refractivity contribution in [1.82, 2.24) is 9.88 Å². The molecule has 1 aliphatic rings. The van der Waals surface area contributed by atoms with Crippen molar-refractivity contribution in [2.75, 3.05) is 18.8 Å². The zero-order chi connectivity index (χ0) is 13.9. The largest absolute Gasteiger partial charge is 0.431 e. The number of aromatic nitrogens is 1. The van der Waals surface area contributed by atoms with Crippen LogP contribution in [0.15, 0.2) is 27.8 Å². The summed E-state index contributed by atoms with van der Waals surface area (Å²) in [5, 5.41) is 1.23. The molecule has 6 heteroatoms. The zero-order valence-corrected chi connectivity index (χ0v) is 12.5. The van der Waals surface area contributed by atoms with Gasteiger partial charge < -0.3 is 9.32 Å². The van der Waals surface area contributed by atoms with Crippen LogP contribution in [0.1, 0.15) is 19.3 Å². The molecule has 3 rings (SSSR count). The van der Waals surface area contributed by atoms with Crippen molar-refractivity contribution in [2.24, 2.45) is 0 Å². The summed E-state index contributed by atoms with van der Waals surface area (Å²) in [6, 6.07) is 5.38. The Morgan fingerprint density at radius 2 is 2.20 bits per heavy atom. The Bertz CT molecular complexity index is 623. The molecule has 106 valence electrons. The van der Waals surface area contributed by atoms with Crippen molar-refractivity contribution >= 4 is 40.4 Å². The van der Waals surface area contributed by atoms with Crippen LogP contribution in [0, 0.1) is 0 Å². The highest BCUT2D eigenvalue weighted by Crippen LogP contribution is 2.26. The third-order valence-electron chi connectivity index (χ3n) is 3.33. The number of carbonyl (C=O) groups excluding carboxylic acids is 1. The predicted molar refractivity (Wildman–Crippen MR) is 80.2 cm³/mol. The van der Waals surface area contributed by atoms with Crippen molar-refractivity contribution in [2.45, 2.75) is 24.5 Å². The fraction of sp³-hybridized carbons (Fsp3) is 0.429. The van der Waals surface area contributed by atoms with E-state index in [1.807, 2.05) is 11.0 Å². The van der Waals surface area contributed by atoms with Crippen molar-refractivity contribution in [3.63, 3.8) is 0 Å². The number of amides is 1. The molecule has 1 saturated heterocycles. The average Bonchev–Trinajstić information content (AvgIpc) is 3.06. The molecular weight excluding hydrogens is 296 g/mol. The summed E-state index contributed by atoms with van der Waals surface area (Å²) in [6.07, 6.45) is 2.79. The summed E-state index contributed by atoms with van der Waals surface area (Å²) >= 11 is 7.37. The summed E-state index contributed by atoms with van der Waals surface area (Å²) < 4.78 is 5.60. The number of halogens is 1. The van der Waals surface area contributed by atoms with E-state index in [0.29, 0.717) is 28.0 Å². The van der Waals surface area contributed by atoms with E-state index < -0.39 is 0 Å². The van der Waals surface area contributed by atoms with E-state index in [2.05, 4.69) is 4.98 Å². The minimum absolute atomic E-state index is 0.231. The smallest absolute Gasteiger partial charge is 0.256 e. The van der Waals surface area contributed by atoms with E-state index >= 15 is 0 Å². The molecule has 0 N–H and O–H groups in total. The SMILES string of the molecule is O=C(CCSc1nc2ccc(Cl)cc2o1)N1CCCC1. The van der Waals surface area contributed by atoms with Gasteiger partial charge in [0.15, 0.2) is 5.58 Å². The molecule has 1 amide bonds. The summed E-state index contributed by atoms with van der Waals surface area (Å²) in [5.74, 6) is 0.921. The van der Waals surface area contributed by atoms with E-state index in [1.54, 1.807) is 12.1 Å². The molecule has 0 bridgehead atoms. The van der Waals surface area contributed by atoms with Gasteiger partial charge >= 0.3 is 0 Å². The van der Waals surface area contributed by atoms with Crippen LogP contribution < -0.4 is 0 Å². The second-order valence-corrected chi connectivity index (χ2v) is 6.26. The highest BCUT2D eigenvalue weighted by molar-refractivity contribution is 7.99. The molecule has 1 aliphatic heterocycles. The molecule has 2 aromatic rings. The molecule has 1 aromatic carbocycles. The molecule has 0 atom stereocenters. The van der Waals surface area contributed by atoms with Gasteiger partial charge in [-0.25, -0.2) is 4.98 Å². The van der Waals surface area contributed by atoms with Gasteiger partial charge in [-0.05, 0) is 25.0 Å². The first-order valence-electron chi connectivity index (χ1n) is 6.69. The molecule has 0 saturated carbocycles. The first-order valence-corrected chi connectivity index (χ1v) is 8.05. The number of carbonyl (C=O) groups is 1. The van der Waals surface area contributed by atoms with Crippen LogP contribution in [0.25, 0.3) is 11.1 Å². The third kappa shape index (κ3) is 3.10. The van der Waals surface area contributed by atoms with Crippen molar-refractivity contribution in [1.29, 1.82) is 0 Å². The summed E-state index contributed by atoms with van der Waals surface area (Å²) in [6.45, 7) is 1.82. The second kappa shape index (κ2) is 6.06. The van der Waals surface area contributed by atoms with Gasteiger partial charge in [-0.15, -0.1) is 0 Å². The molecule has 1 aromatic heterocycles. The summed E-state index contributed by atoms with van der Waals surface area (Å²) in [5.41, 5.74) is 1.48. The van der Waals surface area contributed by atoms with Crippen LogP contribution in [0.4, 0.5) is 0 Å². The minimum atomic E-state index is 0.231. The molecule has 1 fully saturated rings. The lowest BCUT2D eigenvalue weighted by molar-refractivity contribution is -0.129. The maximum absolute atomic E-state index is 11.9. The molecular formula is C14H15ClN2O2S. The number of rotatable bonds is 4. The number of nitrogens with zero attached hydrogens (tertiary/aromatic N) is 2. The van der Waals surface area contributed by atoms with Crippen LogP contribution >= 0.6 is 23.4 Å². The first kappa shape index (κ1) is 13.8. The summed E-state index contributed by atoms with van der Waals surface area (Å²) in [4.78, 5) is 18.2. The lowest BCUT2D eigenvalue weighted by atomic mass is 10.3. The minimum Gasteiger partial charge on any atom is -0.431 e. The van der Waals surface area contributed by atoms with Crippen LogP contribution in [-0.2, 0) is 4.79 Å². The number of benzene rings is 1. The van der Waals surface area contributed by atoms with Gasteiger partial charge in [0.25, 0.3) is 5.22 Å². The van der Waals surface area contributed by atoms with E-state index in [1.165, 1.54) is 11.8 Å². The Labute approximate surface area is 126 Å². The van der Waals surface area contributed by atoms with Crippen molar-refractivity contribution in [3.05, 3.63) is 23.2 Å². The van der Waals surface area contributed by atoms with Gasteiger partial charge in [0, 0.05) is 36.4 Å². The van der Waals surface area contributed by atoms with E-state index in [4.69, 9.17) is 16.0 Å². The predicted octanol–water partition coefficient (Wildman–Crippen LogP) is 3.59. The second-order valence-electron chi connectivity index (χ2n) is 4.78. The monoisotopic (exact) mass is 310 g/mol. The third-order valence-corrected chi connectivity index (χ3v) is 4.40. The van der Waals surface area contributed by atoms with E-state index in [0.717, 1.165) is 31.4 Å². The highest BCUT2D eigenvalue weighted by Gasteiger charge is 2.17. The molecule has 0 radical (unpaired) electrons. The lowest BCUT2D eigenvalue weighted by Crippen LogP contribution is -2.27. The van der Waals surface area contributed by atoms with E-state index in [-0.39, 0.29) is 5.91 Å². The molecule has 2 heterocycles. The Morgan fingerprint density at radius 3 is 3.00 bits per heavy atom. The fourth-order valence-corrected chi connectivity index (χ4v) is 3.21. The van der Waals surface area contributed by atoms with E-state index in [9.17, 15) is 4.79 Å². The van der Waals surface area contributed by atoms with Crippen LogP contribution in [0.5, 0.6) is 0 Å². The molecule has 0 aliphatic carbocycles. The number of fused-ring (bicyclic) bond motifs is 1. The van der Waals surface area contributed by atoms with Gasteiger partial charge in [0.2, 0.25) is 5.91 Å². The van der Waals surface area contributed by atoms with Gasteiger partial charge in [0.05, 0.1) is 0 Å². The number of thioether (sulfide) groups is 1. The van der Waals surface area contributed by atoms with Crippen LogP contribution in [0.3, 0.4) is 0 Å². The number of oxazole rings is 1. The maximum Gasteiger partial charge on any atom is 0.256 e. The molecule has 0 spiro atoms. The average molecular weight is 311 g/mol. The van der Waals surface area contributed by atoms with Gasteiger partial charge in [-0.2, -0.15) is 0 Å². The topological polar surface area (TPSA) is 46.3 Å².